The SMILES string of the molecule is Cc1cc(C)c(-c2ccc3c4c5c6c(ccc(-c7c(C)cc(C)cc7C)c6cc24)-c2sc4cccc6c4c2B5c2c-3sc3cccc-6c23)c(C)c1. The topological polar surface area (TPSA) is 0 Å². The number of fused-ring (bicyclic) bond motifs is 3. The molecule has 0 amide bonds. The van der Waals surface area contributed by atoms with E-state index in [4.69, 9.17) is 0 Å². The number of rotatable bonds is 2. The van der Waals surface area contributed by atoms with E-state index in [0.717, 1.165) is 0 Å². The normalized spacial score (nSPS) is 13.3. The predicted molar refractivity (Wildman–Crippen MR) is 226 cm³/mol. The summed E-state index contributed by atoms with van der Waals surface area (Å²) in [6.45, 7) is 13.9. The number of hydrogen-bond donors (Lipinski definition) is 0. The lowest BCUT2D eigenvalue weighted by molar-refractivity contribution is 1.32. The van der Waals surface area contributed by atoms with E-state index in [9.17, 15) is 0 Å². The van der Waals surface area contributed by atoms with E-state index in [2.05, 4.69) is 133 Å². The van der Waals surface area contributed by atoms with Crippen molar-refractivity contribution in [3.05, 3.63) is 124 Å². The van der Waals surface area contributed by atoms with E-state index < -0.39 is 0 Å². The van der Waals surface area contributed by atoms with E-state index in [1.165, 1.54) is 135 Å². The molecular formula is C48H33BS2. The molecule has 0 unspecified atom stereocenters. The first-order valence-corrected chi connectivity index (χ1v) is 19.8. The molecular weight excluding hydrogens is 651 g/mol. The van der Waals surface area contributed by atoms with Crippen molar-refractivity contribution in [1.82, 2.24) is 0 Å². The summed E-state index contributed by atoms with van der Waals surface area (Å²) in [4.78, 5) is 2.93. The fourth-order valence-corrected chi connectivity index (χ4v) is 13.5. The molecule has 3 heteroatoms. The smallest absolute Gasteiger partial charge is 0.136 e. The Morgan fingerprint density at radius 2 is 0.804 bits per heavy atom. The van der Waals surface area contributed by atoms with Crippen LogP contribution in [0.25, 0.3) is 96.0 Å². The minimum atomic E-state index is 0.194. The molecule has 0 bridgehead atoms. The van der Waals surface area contributed by atoms with Gasteiger partial charge in [-0.2, -0.15) is 0 Å². The van der Waals surface area contributed by atoms with Crippen molar-refractivity contribution in [3.8, 4) is 54.3 Å². The average Bonchev–Trinajstić information content (AvgIpc) is 3.64. The Hall–Kier alpha value is -4.96. The van der Waals surface area contributed by atoms with Gasteiger partial charge >= 0.3 is 0 Å². The molecule has 3 aliphatic rings. The molecule has 5 heterocycles. The van der Waals surface area contributed by atoms with Crippen LogP contribution in [0.5, 0.6) is 0 Å². The second-order valence-electron chi connectivity index (χ2n) is 15.5. The monoisotopic (exact) mass is 684 g/mol. The molecule has 0 atom stereocenters. The molecule has 0 radical (unpaired) electrons. The van der Waals surface area contributed by atoms with Crippen molar-refractivity contribution in [2.75, 3.05) is 0 Å². The third-order valence-electron chi connectivity index (χ3n) is 12.4. The summed E-state index contributed by atoms with van der Waals surface area (Å²) in [5, 5.41) is 8.65. The Morgan fingerprint density at radius 3 is 1.24 bits per heavy atom. The number of aryl methyl sites for hydroxylation is 6. The van der Waals surface area contributed by atoms with Crippen LogP contribution in [0.3, 0.4) is 0 Å². The van der Waals surface area contributed by atoms with E-state index in [0.29, 0.717) is 0 Å². The van der Waals surface area contributed by atoms with Gasteiger partial charge in [-0.15, -0.1) is 22.7 Å². The molecule has 0 saturated heterocycles. The fourth-order valence-electron chi connectivity index (χ4n) is 10.9. The van der Waals surface area contributed by atoms with Gasteiger partial charge in [-0.3, -0.25) is 0 Å². The van der Waals surface area contributed by atoms with Gasteiger partial charge in [0.25, 0.3) is 0 Å². The zero-order valence-electron chi connectivity index (χ0n) is 29.6. The number of thiophene rings is 2. The van der Waals surface area contributed by atoms with Gasteiger partial charge in [0.05, 0.1) is 0 Å². The molecule has 9 aromatic rings. The fraction of sp³-hybridized carbons (Fsp3) is 0.125. The molecule has 0 nitrogen and oxygen atoms in total. The van der Waals surface area contributed by atoms with Gasteiger partial charge in [-0.1, -0.05) is 89.4 Å². The van der Waals surface area contributed by atoms with Crippen molar-refractivity contribution in [2.24, 2.45) is 0 Å². The van der Waals surface area contributed by atoms with Gasteiger partial charge in [0, 0.05) is 19.2 Å². The third-order valence-corrected chi connectivity index (χ3v) is 14.8. The first-order chi connectivity index (χ1) is 24.8. The maximum atomic E-state index is 2.60. The Balaban J connectivity index is 1.37. The maximum absolute atomic E-state index is 2.60. The molecule has 2 aromatic heterocycles. The summed E-state index contributed by atoms with van der Waals surface area (Å²) in [5.41, 5.74) is 23.8. The highest BCUT2D eigenvalue weighted by Crippen LogP contribution is 2.53. The highest BCUT2D eigenvalue weighted by molar-refractivity contribution is 7.29. The quantitative estimate of drug-likeness (QED) is 0.126. The van der Waals surface area contributed by atoms with Crippen LogP contribution in [0.2, 0.25) is 0 Å². The largest absolute Gasteiger partial charge is 0.248 e. The summed E-state index contributed by atoms with van der Waals surface area (Å²) in [6.07, 6.45) is 0. The average molecular weight is 685 g/mol. The summed E-state index contributed by atoms with van der Waals surface area (Å²) in [5.74, 6) is 0. The van der Waals surface area contributed by atoms with Crippen molar-refractivity contribution in [3.63, 3.8) is 0 Å². The molecule has 7 aromatic carbocycles. The zero-order chi connectivity index (χ0) is 34.2. The van der Waals surface area contributed by atoms with Crippen molar-refractivity contribution in [1.29, 1.82) is 0 Å². The minimum Gasteiger partial charge on any atom is -0.136 e. The molecule has 240 valence electrons. The second kappa shape index (κ2) is 9.47. The van der Waals surface area contributed by atoms with Gasteiger partial charge in [-0.05, 0) is 170 Å². The van der Waals surface area contributed by atoms with Crippen LogP contribution >= 0.6 is 22.7 Å². The maximum Gasteiger partial charge on any atom is 0.248 e. The lowest BCUT2D eigenvalue weighted by atomic mass is 9.32. The molecule has 51 heavy (non-hydrogen) atoms. The van der Waals surface area contributed by atoms with Crippen molar-refractivity contribution in [2.45, 2.75) is 41.5 Å². The molecule has 0 saturated carbocycles. The molecule has 0 fully saturated rings. The second-order valence-corrected chi connectivity index (χ2v) is 17.6. The molecule has 0 spiro atoms. The summed E-state index contributed by atoms with van der Waals surface area (Å²) < 4.78 is 2.81. The van der Waals surface area contributed by atoms with E-state index in [-0.39, 0.29) is 6.71 Å². The standard InChI is InChI=1S/C48H33BS2/c1-22-17-24(3)38(25(4)18-22)30-13-15-32-40-34(30)21-35-31(39-26(5)19-23(2)20-27(39)6)14-16-33-41(35)44(40)49-45-42-28(9-7-11-36(42)50-47(32)45)29-10-8-12-37-43(29)46(49)48(33)51-37/h7-21H,1-6H3. The van der Waals surface area contributed by atoms with Gasteiger partial charge in [0.1, 0.15) is 0 Å². The highest BCUT2D eigenvalue weighted by atomic mass is 32.1. The molecule has 0 N–H and O–H groups in total. The van der Waals surface area contributed by atoms with E-state index in [1.807, 2.05) is 22.7 Å². The number of benzene rings is 7. The Labute approximate surface area is 306 Å². The highest BCUT2D eigenvalue weighted by Gasteiger charge is 2.45. The first kappa shape index (κ1) is 28.7. The molecule has 0 aliphatic carbocycles. The van der Waals surface area contributed by atoms with Crippen LogP contribution in [0.1, 0.15) is 33.4 Å². The Morgan fingerprint density at radius 1 is 0.392 bits per heavy atom. The van der Waals surface area contributed by atoms with Crippen LogP contribution in [0, 0.1) is 41.5 Å². The van der Waals surface area contributed by atoms with E-state index in [1.54, 1.807) is 10.9 Å². The van der Waals surface area contributed by atoms with Gasteiger partial charge in [0.15, 0.2) is 0 Å². The van der Waals surface area contributed by atoms with Crippen LogP contribution in [-0.4, -0.2) is 6.71 Å². The molecule has 12 rings (SSSR count). The number of hydrogen-bond acceptors (Lipinski definition) is 2. The molecule has 3 aliphatic heterocycles. The van der Waals surface area contributed by atoms with E-state index >= 15 is 0 Å². The van der Waals surface area contributed by atoms with Crippen LogP contribution in [0.4, 0.5) is 0 Å². The zero-order valence-corrected chi connectivity index (χ0v) is 31.2. The third kappa shape index (κ3) is 3.38. The lowest BCUT2D eigenvalue weighted by Gasteiger charge is -2.33. The van der Waals surface area contributed by atoms with Gasteiger partial charge in [-0.25, -0.2) is 0 Å². The minimum absolute atomic E-state index is 0.194. The van der Waals surface area contributed by atoms with Crippen molar-refractivity contribution < 1.29 is 0 Å². The predicted octanol–water partition coefficient (Wildman–Crippen LogP) is 12.1. The van der Waals surface area contributed by atoms with Crippen molar-refractivity contribution >= 4 is 87.5 Å². The van der Waals surface area contributed by atoms with Crippen LogP contribution < -0.4 is 16.4 Å². The van der Waals surface area contributed by atoms with Crippen LogP contribution in [-0.2, 0) is 0 Å². The Kier molecular flexibility index (Phi) is 5.33. The summed E-state index contributed by atoms with van der Waals surface area (Å²) >= 11 is 4.02. The lowest BCUT2D eigenvalue weighted by Crippen LogP contribution is -2.56. The first-order valence-electron chi connectivity index (χ1n) is 18.1. The van der Waals surface area contributed by atoms with Gasteiger partial charge in [0.2, 0.25) is 6.71 Å². The Bertz CT molecular complexity index is 2890. The van der Waals surface area contributed by atoms with Gasteiger partial charge < -0.3 is 0 Å². The summed E-state index contributed by atoms with van der Waals surface area (Å²) in [6, 6.07) is 36.0. The van der Waals surface area contributed by atoms with Crippen LogP contribution in [0.15, 0.2) is 91.0 Å². The summed E-state index contributed by atoms with van der Waals surface area (Å²) in [7, 11) is 0.